The Morgan fingerprint density at radius 1 is 1.71 bits per heavy atom. The van der Waals surface area contributed by atoms with E-state index < -0.39 is 0 Å². The minimum Gasteiger partial charge on any atom is -0.353 e. The molecule has 1 aliphatic heterocycles. The molecular weight excluding hydrogens is 196 g/mol. The number of hydrogen-bond donors (Lipinski definition) is 1. The van der Waals surface area contributed by atoms with Gasteiger partial charge < -0.3 is 5.32 Å². The summed E-state index contributed by atoms with van der Waals surface area (Å²) >= 11 is 1.70. The maximum Gasteiger partial charge on any atom is 0.220 e. The standard InChI is InChI=1S/C10H14N2OS/c1-3-8-7(4-10(13)12-8)9-5-11-6(2)14-9/h5,7-8H,3-4H2,1-2H3,(H,12,13). The number of thiazole rings is 1. The van der Waals surface area contributed by atoms with Gasteiger partial charge in [0, 0.05) is 29.5 Å². The molecule has 0 aromatic carbocycles. The fourth-order valence-corrected chi connectivity index (χ4v) is 2.89. The number of aryl methyl sites for hydroxylation is 1. The van der Waals surface area contributed by atoms with Crippen molar-refractivity contribution in [3.8, 4) is 0 Å². The highest BCUT2D eigenvalue weighted by molar-refractivity contribution is 7.11. The number of amides is 1. The lowest BCUT2D eigenvalue weighted by Gasteiger charge is -2.14. The molecule has 1 saturated heterocycles. The minimum atomic E-state index is 0.174. The van der Waals surface area contributed by atoms with E-state index in [0.29, 0.717) is 18.4 Å². The summed E-state index contributed by atoms with van der Waals surface area (Å²) < 4.78 is 0. The molecule has 0 saturated carbocycles. The normalized spacial score (nSPS) is 26.6. The quantitative estimate of drug-likeness (QED) is 0.809. The molecule has 1 N–H and O–H groups in total. The topological polar surface area (TPSA) is 42.0 Å². The number of carbonyl (C=O) groups excluding carboxylic acids is 1. The van der Waals surface area contributed by atoms with E-state index in [1.165, 1.54) is 4.88 Å². The molecule has 2 unspecified atom stereocenters. The maximum atomic E-state index is 11.3. The molecule has 0 spiro atoms. The smallest absolute Gasteiger partial charge is 0.220 e. The SMILES string of the molecule is CCC1NC(=O)CC1c1cnc(C)s1. The lowest BCUT2D eigenvalue weighted by atomic mass is 9.98. The van der Waals surface area contributed by atoms with E-state index in [1.54, 1.807) is 11.3 Å². The third-order valence-electron chi connectivity index (χ3n) is 2.68. The van der Waals surface area contributed by atoms with E-state index in [1.807, 2.05) is 13.1 Å². The molecule has 1 amide bonds. The van der Waals surface area contributed by atoms with Crippen LogP contribution in [0.2, 0.25) is 0 Å². The van der Waals surface area contributed by atoms with E-state index >= 15 is 0 Å². The van der Waals surface area contributed by atoms with Crippen LogP contribution in [0.1, 0.15) is 35.6 Å². The van der Waals surface area contributed by atoms with Crippen LogP contribution >= 0.6 is 11.3 Å². The maximum absolute atomic E-state index is 11.3. The Morgan fingerprint density at radius 3 is 3.07 bits per heavy atom. The number of aromatic nitrogens is 1. The van der Waals surface area contributed by atoms with Gasteiger partial charge in [0.15, 0.2) is 0 Å². The van der Waals surface area contributed by atoms with Crippen molar-refractivity contribution in [1.29, 1.82) is 0 Å². The molecule has 0 bridgehead atoms. The second-order valence-electron chi connectivity index (χ2n) is 3.67. The lowest BCUT2D eigenvalue weighted by Crippen LogP contribution is -2.26. The van der Waals surface area contributed by atoms with Gasteiger partial charge in [-0.15, -0.1) is 11.3 Å². The van der Waals surface area contributed by atoms with Gasteiger partial charge in [-0.25, -0.2) is 4.98 Å². The molecular formula is C10H14N2OS. The number of carbonyl (C=O) groups is 1. The van der Waals surface area contributed by atoms with Crippen molar-refractivity contribution < 1.29 is 4.79 Å². The molecule has 2 rings (SSSR count). The molecule has 1 aliphatic rings. The van der Waals surface area contributed by atoms with Crippen LogP contribution in [-0.2, 0) is 4.79 Å². The molecule has 0 aliphatic carbocycles. The highest BCUT2D eigenvalue weighted by Gasteiger charge is 2.33. The van der Waals surface area contributed by atoms with Crippen LogP contribution in [0.3, 0.4) is 0 Å². The zero-order valence-electron chi connectivity index (χ0n) is 8.41. The monoisotopic (exact) mass is 210 g/mol. The summed E-state index contributed by atoms with van der Waals surface area (Å²) in [6, 6.07) is 0.308. The molecule has 76 valence electrons. The van der Waals surface area contributed by atoms with Crippen LogP contribution < -0.4 is 5.32 Å². The lowest BCUT2D eigenvalue weighted by molar-refractivity contribution is -0.119. The average molecular weight is 210 g/mol. The second-order valence-corrected chi connectivity index (χ2v) is 4.94. The third-order valence-corrected chi connectivity index (χ3v) is 3.73. The molecule has 3 nitrogen and oxygen atoms in total. The third kappa shape index (κ3) is 1.66. The number of nitrogens with one attached hydrogen (secondary N) is 1. The Morgan fingerprint density at radius 2 is 2.50 bits per heavy atom. The van der Waals surface area contributed by atoms with Gasteiger partial charge in [-0.05, 0) is 13.3 Å². The summed E-state index contributed by atoms with van der Waals surface area (Å²) in [6.07, 6.45) is 3.53. The fraction of sp³-hybridized carbons (Fsp3) is 0.600. The first-order valence-electron chi connectivity index (χ1n) is 4.92. The highest BCUT2D eigenvalue weighted by atomic mass is 32.1. The summed E-state index contributed by atoms with van der Waals surface area (Å²) in [5.74, 6) is 0.520. The van der Waals surface area contributed by atoms with E-state index in [9.17, 15) is 4.79 Å². The predicted octanol–water partition coefficient (Wildman–Crippen LogP) is 1.83. The molecule has 2 atom stereocenters. The first-order chi connectivity index (χ1) is 6.70. The molecule has 1 fully saturated rings. The van der Waals surface area contributed by atoms with Gasteiger partial charge in [-0.3, -0.25) is 4.79 Å². The van der Waals surface area contributed by atoms with Gasteiger partial charge in [-0.2, -0.15) is 0 Å². The molecule has 4 heteroatoms. The van der Waals surface area contributed by atoms with Gasteiger partial charge in [0.1, 0.15) is 0 Å². The molecule has 1 aromatic rings. The minimum absolute atomic E-state index is 0.174. The van der Waals surface area contributed by atoms with E-state index in [2.05, 4.69) is 17.2 Å². The average Bonchev–Trinajstić information content (AvgIpc) is 2.71. The molecule has 0 radical (unpaired) electrons. The van der Waals surface area contributed by atoms with Crippen molar-refractivity contribution in [2.45, 2.75) is 38.6 Å². The highest BCUT2D eigenvalue weighted by Crippen LogP contribution is 2.33. The van der Waals surface area contributed by atoms with Gasteiger partial charge in [0.25, 0.3) is 0 Å². The Kier molecular flexibility index (Phi) is 2.54. The predicted molar refractivity (Wildman–Crippen MR) is 56.4 cm³/mol. The first-order valence-corrected chi connectivity index (χ1v) is 5.74. The Hall–Kier alpha value is -0.900. The van der Waals surface area contributed by atoms with Crippen molar-refractivity contribution in [2.75, 3.05) is 0 Å². The van der Waals surface area contributed by atoms with Crippen molar-refractivity contribution in [2.24, 2.45) is 0 Å². The van der Waals surface area contributed by atoms with Gasteiger partial charge in [0.2, 0.25) is 5.91 Å². The van der Waals surface area contributed by atoms with Crippen LogP contribution in [0.25, 0.3) is 0 Å². The van der Waals surface area contributed by atoms with Gasteiger partial charge in [-0.1, -0.05) is 6.92 Å². The largest absolute Gasteiger partial charge is 0.353 e. The van der Waals surface area contributed by atoms with Crippen LogP contribution in [-0.4, -0.2) is 16.9 Å². The zero-order valence-corrected chi connectivity index (χ0v) is 9.23. The summed E-state index contributed by atoms with van der Waals surface area (Å²) in [7, 11) is 0. The van der Waals surface area contributed by atoms with Crippen molar-refractivity contribution in [1.82, 2.24) is 10.3 Å². The number of hydrogen-bond acceptors (Lipinski definition) is 3. The van der Waals surface area contributed by atoms with Gasteiger partial charge in [0.05, 0.1) is 5.01 Å². The zero-order chi connectivity index (χ0) is 10.1. The Bertz CT molecular complexity index is 348. The van der Waals surface area contributed by atoms with Crippen molar-refractivity contribution in [3.05, 3.63) is 16.1 Å². The van der Waals surface area contributed by atoms with Crippen molar-refractivity contribution in [3.63, 3.8) is 0 Å². The van der Waals surface area contributed by atoms with Gasteiger partial charge >= 0.3 is 0 Å². The molecule has 1 aromatic heterocycles. The van der Waals surface area contributed by atoms with Crippen LogP contribution in [0.5, 0.6) is 0 Å². The van der Waals surface area contributed by atoms with Crippen LogP contribution in [0.15, 0.2) is 6.20 Å². The summed E-state index contributed by atoms with van der Waals surface area (Å²) in [4.78, 5) is 16.8. The van der Waals surface area contributed by atoms with Crippen LogP contribution in [0, 0.1) is 6.92 Å². The second kappa shape index (κ2) is 3.69. The van der Waals surface area contributed by atoms with E-state index in [4.69, 9.17) is 0 Å². The fourth-order valence-electron chi connectivity index (χ4n) is 1.94. The summed E-state index contributed by atoms with van der Waals surface area (Å²) in [5.41, 5.74) is 0. The summed E-state index contributed by atoms with van der Waals surface area (Å²) in [6.45, 7) is 4.11. The number of nitrogens with zero attached hydrogens (tertiary/aromatic N) is 1. The van der Waals surface area contributed by atoms with Crippen LogP contribution in [0.4, 0.5) is 0 Å². The molecule has 14 heavy (non-hydrogen) atoms. The number of rotatable bonds is 2. The van der Waals surface area contributed by atoms with E-state index in [-0.39, 0.29) is 5.91 Å². The summed E-state index contributed by atoms with van der Waals surface area (Å²) in [5, 5.41) is 4.08. The Balaban J connectivity index is 2.21. The molecule has 2 heterocycles. The van der Waals surface area contributed by atoms with Crippen molar-refractivity contribution >= 4 is 17.2 Å². The first kappa shape index (κ1) is 9.65. The Labute approximate surface area is 87.6 Å². The van der Waals surface area contributed by atoms with E-state index in [0.717, 1.165) is 11.4 Å².